The fraction of sp³-hybridized carbons (Fsp3) is 0.100. The second-order valence-corrected chi connectivity index (χ2v) is 6.99. The molecule has 0 aliphatic heterocycles. The van der Waals surface area contributed by atoms with Gasteiger partial charge in [-0.05, 0) is 52.2 Å². The first-order valence-corrected chi connectivity index (χ1v) is 9.67. The minimum atomic E-state index is -0.349. The van der Waals surface area contributed by atoms with Gasteiger partial charge in [-0.2, -0.15) is 11.3 Å². The fourth-order valence-electron chi connectivity index (χ4n) is 2.75. The van der Waals surface area contributed by atoms with Crippen molar-refractivity contribution in [3.05, 3.63) is 77.0 Å². The zero-order valence-corrected chi connectivity index (χ0v) is 15.8. The molecule has 1 amide bonds. The summed E-state index contributed by atoms with van der Waals surface area (Å²) < 4.78 is 1.63. The number of pyridine rings is 1. The minimum absolute atomic E-state index is 0.237. The highest BCUT2D eigenvalue weighted by Gasteiger charge is 2.13. The number of rotatable bonds is 6. The topological polar surface area (TPSA) is 98.7 Å². The molecule has 0 unspecified atom stereocenters. The van der Waals surface area contributed by atoms with Crippen LogP contribution in [0.1, 0.15) is 16.2 Å². The maximum Gasteiger partial charge on any atom is 0.277 e. The first kappa shape index (κ1) is 17.9. The molecule has 3 aromatic heterocycles. The van der Waals surface area contributed by atoms with E-state index in [1.54, 1.807) is 34.5 Å². The number of carbonyl (C=O) groups excluding carboxylic acids is 1. The van der Waals surface area contributed by atoms with Gasteiger partial charge in [0.1, 0.15) is 0 Å². The number of hydrogen-bond donors (Lipinski definition) is 2. The van der Waals surface area contributed by atoms with Crippen LogP contribution in [0.4, 0.5) is 11.4 Å². The Labute approximate surface area is 165 Å². The highest BCUT2D eigenvalue weighted by atomic mass is 32.1. The highest BCUT2D eigenvalue weighted by Crippen LogP contribution is 2.28. The third-order valence-corrected chi connectivity index (χ3v) is 4.93. The van der Waals surface area contributed by atoms with E-state index in [2.05, 4.69) is 20.6 Å². The van der Waals surface area contributed by atoms with Gasteiger partial charge in [-0.1, -0.05) is 17.3 Å². The number of carbonyl (C=O) groups is 1. The largest absolute Gasteiger partial charge is 0.397 e. The lowest BCUT2D eigenvalue weighted by Gasteiger charge is -2.09. The Morgan fingerprint density at radius 3 is 2.89 bits per heavy atom. The quantitative estimate of drug-likeness (QED) is 0.491. The van der Waals surface area contributed by atoms with Crippen LogP contribution in [-0.4, -0.2) is 25.9 Å². The van der Waals surface area contributed by atoms with Crippen LogP contribution in [0.5, 0.6) is 0 Å². The summed E-state index contributed by atoms with van der Waals surface area (Å²) in [6.07, 6.45) is 4.09. The maximum absolute atomic E-state index is 12.6. The molecule has 7 nitrogen and oxygen atoms in total. The van der Waals surface area contributed by atoms with Crippen molar-refractivity contribution in [3.63, 3.8) is 0 Å². The number of benzene rings is 1. The molecule has 0 fully saturated rings. The molecule has 4 aromatic rings. The highest BCUT2D eigenvalue weighted by molar-refractivity contribution is 7.08. The van der Waals surface area contributed by atoms with Crippen LogP contribution in [0, 0.1) is 0 Å². The summed E-state index contributed by atoms with van der Waals surface area (Å²) >= 11 is 1.62. The molecule has 140 valence electrons. The van der Waals surface area contributed by atoms with Gasteiger partial charge in [0.15, 0.2) is 5.69 Å². The molecule has 8 heteroatoms. The van der Waals surface area contributed by atoms with Gasteiger partial charge in [0.2, 0.25) is 0 Å². The number of hydrogen-bond acceptors (Lipinski definition) is 6. The Morgan fingerprint density at radius 2 is 2.11 bits per heavy atom. The number of nitrogens with two attached hydrogens (primary N) is 1. The van der Waals surface area contributed by atoms with Gasteiger partial charge in [0, 0.05) is 24.9 Å². The van der Waals surface area contributed by atoms with Crippen LogP contribution >= 0.6 is 11.3 Å². The number of thiophene rings is 1. The molecule has 0 atom stereocenters. The van der Waals surface area contributed by atoms with E-state index in [-0.39, 0.29) is 11.6 Å². The second kappa shape index (κ2) is 8.01. The average Bonchev–Trinajstić information content (AvgIpc) is 3.41. The first-order chi connectivity index (χ1) is 13.7. The lowest BCUT2D eigenvalue weighted by Crippen LogP contribution is -2.13. The summed E-state index contributed by atoms with van der Waals surface area (Å²) in [4.78, 5) is 16.8. The van der Waals surface area contributed by atoms with Gasteiger partial charge < -0.3 is 11.1 Å². The van der Waals surface area contributed by atoms with Crippen LogP contribution in [0.25, 0.3) is 11.1 Å². The fourth-order valence-corrected chi connectivity index (χ4v) is 3.41. The van der Waals surface area contributed by atoms with Crippen molar-refractivity contribution < 1.29 is 4.79 Å². The molecular formula is C20H18N6OS. The van der Waals surface area contributed by atoms with Crippen molar-refractivity contribution in [2.24, 2.45) is 0 Å². The molecule has 0 spiro atoms. The summed E-state index contributed by atoms with van der Waals surface area (Å²) in [5, 5.41) is 14.9. The monoisotopic (exact) mass is 390 g/mol. The molecule has 0 aliphatic carbocycles. The van der Waals surface area contributed by atoms with Crippen molar-refractivity contribution in [2.45, 2.75) is 13.0 Å². The SMILES string of the molecule is Nc1ccc(-c2ccsc2)cc1NC(=O)c1cn(CCc2ccccn2)nn1. The summed E-state index contributed by atoms with van der Waals surface area (Å²) in [5.41, 5.74) is 10.3. The molecule has 1 aromatic carbocycles. The van der Waals surface area contributed by atoms with Crippen molar-refractivity contribution in [3.8, 4) is 11.1 Å². The molecule has 3 N–H and O–H groups in total. The van der Waals surface area contributed by atoms with Gasteiger partial charge in [0.25, 0.3) is 5.91 Å². The Morgan fingerprint density at radius 1 is 1.18 bits per heavy atom. The van der Waals surface area contributed by atoms with Crippen LogP contribution < -0.4 is 11.1 Å². The lowest BCUT2D eigenvalue weighted by atomic mass is 10.1. The number of nitrogens with zero attached hydrogens (tertiary/aromatic N) is 4. The third-order valence-electron chi connectivity index (χ3n) is 4.25. The Hall–Kier alpha value is -3.52. The second-order valence-electron chi connectivity index (χ2n) is 6.21. The third kappa shape index (κ3) is 4.07. The standard InChI is InChI=1S/C20H18N6OS/c21-17-5-4-14(15-7-10-28-13-15)11-18(17)23-20(27)19-12-26(25-24-19)9-6-16-3-1-2-8-22-16/h1-5,7-8,10-13H,6,9,21H2,(H,23,27). The van der Waals surface area contributed by atoms with Crippen molar-refractivity contribution in [2.75, 3.05) is 11.1 Å². The number of nitrogens with one attached hydrogen (secondary N) is 1. The van der Waals surface area contributed by atoms with Gasteiger partial charge in [-0.15, -0.1) is 5.10 Å². The maximum atomic E-state index is 12.6. The average molecular weight is 390 g/mol. The molecule has 0 bridgehead atoms. The molecule has 0 radical (unpaired) electrons. The Kier molecular flexibility index (Phi) is 5.11. The number of anilines is 2. The van der Waals surface area contributed by atoms with Gasteiger partial charge in [0.05, 0.1) is 17.6 Å². The van der Waals surface area contributed by atoms with E-state index < -0.39 is 0 Å². The van der Waals surface area contributed by atoms with Crippen LogP contribution in [0.3, 0.4) is 0 Å². The van der Waals surface area contributed by atoms with Crippen molar-refractivity contribution in [1.29, 1.82) is 0 Å². The summed E-state index contributed by atoms with van der Waals surface area (Å²) in [5.74, 6) is -0.349. The number of aryl methyl sites for hydroxylation is 2. The predicted molar refractivity (Wildman–Crippen MR) is 110 cm³/mol. The van der Waals surface area contributed by atoms with E-state index in [0.717, 1.165) is 16.8 Å². The van der Waals surface area contributed by atoms with E-state index in [0.29, 0.717) is 24.3 Å². The van der Waals surface area contributed by atoms with Gasteiger partial charge >= 0.3 is 0 Å². The number of aromatic nitrogens is 4. The van der Waals surface area contributed by atoms with Gasteiger partial charge in [-0.25, -0.2) is 0 Å². The zero-order chi connectivity index (χ0) is 19.3. The normalized spacial score (nSPS) is 10.7. The molecule has 0 saturated carbocycles. The van der Waals surface area contributed by atoms with E-state index in [9.17, 15) is 4.79 Å². The van der Waals surface area contributed by atoms with Crippen molar-refractivity contribution in [1.82, 2.24) is 20.0 Å². The smallest absolute Gasteiger partial charge is 0.277 e. The number of nitrogen functional groups attached to an aromatic ring is 1. The van der Waals surface area contributed by atoms with Crippen molar-refractivity contribution >= 4 is 28.6 Å². The van der Waals surface area contributed by atoms with E-state index >= 15 is 0 Å². The molecule has 28 heavy (non-hydrogen) atoms. The molecular weight excluding hydrogens is 372 g/mol. The summed E-state index contributed by atoms with van der Waals surface area (Å²) in [7, 11) is 0. The summed E-state index contributed by atoms with van der Waals surface area (Å²) in [6.45, 7) is 0.590. The lowest BCUT2D eigenvalue weighted by molar-refractivity contribution is 0.102. The molecule has 4 rings (SSSR count). The minimum Gasteiger partial charge on any atom is -0.397 e. The first-order valence-electron chi connectivity index (χ1n) is 8.72. The van der Waals surface area contributed by atoms with E-state index in [1.807, 2.05) is 47.2 Å². The Balaban J connectivity index is 1.44. The van der Waals surface area contributed by atoms with Crippen LogP contribution in [0.2, 0.25) is 0 Å². The van der Waals surface area contributed by atoms with Gasteiger partial charge in [-0.3, -0.25) is 14.5 Å². The summed E-state index contributed by atoms with van der Waals surface area (Å²) in [6, 6.07) is 13.4. The molecule has 0 aliphatic rings. The molecule has 0 saturated heterocycles. The van der Waals surface area contributed by atoms with Crippen LogP contribution in [0.15, 0.2) is 65.6 Å². The molecule has 3 heterocycles. The van der Waals surface area contributed by atoms with E-state index in [1.165, 1.54) is 0 Å². The number of amides is 1. The van der Waals surface area contributed by atoms with E-state index in [4.69, 9.17) is 5.73 Å². The zero-order valence-electron chi connectivity index (χ0n) is 14.9. The van der Waals surface area contributed by atoms with Crippen LogP contribution in [-0.2, 0) is 13.0 Å². The Bertz CT molecular complexity index is 1080. The predicted octanol–water partition coefficient (Wildman–Crippen LogP) is 3.48.